The highest BCUT2D eigenvalue weighted by atomic mass is 16.6. The third-order valence-electron chi connectivity index (χ3n) is 3.09. The number of nitrogens with zero attached hydrogens (tertiary/aromatic N) is 1. The van der Waals surface area contributed by atoms with Gasteiger partial charge in [0.2, 0.25) is 0 Å². The van der Waals surface area contributed by atoms with Crippen LogP contribution >= 0.6 is 0 Å². The summed E-state index contributed by atoms with van der Waals surface area (Å²) in [6.45, 7) is 0.430. The monoisotopic (exact) mass is 264 g/mol. The van der Waals surface area contributed by atoms with Gasteiger partial charge in [-0.25, -0.2) is 4.79 Å². The molecule has 1 unspecified atom stereocenters. The number of benzene rings is 1. The molecule has 0 aliphatic carbocycles. The van der Waals surface area contributed by atoms with E-state index in [1.165, 1.54) is 0 Å². The van der Waals surface area contributed by atoms with Crippen molar-refractivity contribution in [3.63, 3.8) is 0 Å². The SMILES string of the molecule is CN1CC(OC(=O)Nc2ccccc2)C[C@H]1C(=O)O. The smallest absolute Gasteiger partial charge is 0.411 e. The molecule has 0 radical (unpaired) electrons. The third kappa shape index (κ3) is 3.45. The lowest BCUT2D eigenvalue weighted by Crippen LogP contribution is -2.32. The number of aliphatic carboxylic acids is 1. The van der Waals surface area contributed by atoms with Crippen molar-refractivity contribution in [3.8, 4) is 0 Å². The van der Waals surface area contributed by atoms with Crippen LogP contribution in [0.2, 0.25) is 0 Å². The van der Waals surface area contributed by atoms with Gasteiger partial charge in [-0.05, 0) is 19.2 Å². The summed E-state index contributed by atoms with van der Waals surface area (Å²) in [6, 6.07) is 8.37. The summed E-state index contributed by atoms with van der Waals surface area (Å²) in [4.78, 5) is 24.3. The lowest BCUT2D eigenvalue weighted by atomic mass is 10.2. The number of carbonyl (C=O) groups is 2. The second kappa shape index (κ2) is 5.71. The summed E-state index contributed by atoms with van der Waals surface area (Å²) < 4.78 is 5.21. The number of anilines is 1. The minimum atomic E-state index is -0.892. The number of nitrogens with one attached hydrogen (secondary N) is 1. The van der Waals surface area contributed by atoms with Crippen molar-refractivity contribution in [2.45, 2.75) is 18.6 Å². The maximum absolute atomic E-state index is 11.7. The minimum absolute atomic E-state index is 0.314. The molecule has 1 fully saturated rings. The lowest BCUT2D eigenvalue weighted by molar-refractivity contribution is -0.141. The number of carboxylic acid groups (broad SMARTS) is 1. The van der Waals surface area contributed by atoms with Crippen LogP contribution in [0.4, 0.5) is 10.5 Å². The van der Waals surface area contributed by atoms with E-state index in [9.17, 15) is 9.59 Å². The van der Waals surface area contributed by atoms with Crippen molar-refractivity contribution in [1.29, 1.82) is 0 Å². The molecule has 0 bridgehead atoms. The average molecular weight is 264 g/mol. The Labute approximate surface area is 111 Å². The van der Waals surface area contributed by atoms with Crippen LogP contribution < -0.4 is 5.32 Å². The molecular formula is C13H16N2O4. The molecule has 19 heavy (non-hydrogen) atoms. The van der Waals surface area contributed by atoms with Crippen molar-refractivity contribution in [3.05, 3.63) is 30.3 Å². The van der Waals surface area contributed by atoms with Crippen LogP contribution in [-0.4, -0.2) is 47.8 Å². The molecule has 2 N–H and O–H groups in total. The van der Waals surface area contributed by atoms with Crippen LogP contribution in [0.1, 0.15) is 6.42 Å². The second-order valence-electron chi connectivity index (χ2n) is 4.55. The van der Waals surface area contributed by atoms with Gasteiger partial charge in [-0.2, -0.15) is 0 Å². The normalized spacial score (nSPS) is 23.0. The van der Waals surface area contributed by atoms with E-state index >= 15 is 0 Å². The zero-order valence-corrected chi connectivity index (χ0v) is 10.6. The molecule has 1 aromatic carbocycles. The van der Waals surface area contributed by atoms with Crippen LogP contribution in [0.15, 0.2) is 30.3 Å². The number of hydrogen-bond acceptors (Lipinski definition) is 4. The van der Waals surface area contributed by atoms with Crippen molar-refractivity contribution >= 4 is 17.7 Å². The number of likely N-dealkylation sites (N-methyl/N-ethyl adjacent to an activating group) is 1. The summed E-state index contributed by atoms with van der Waals surface area (Å²) >= 11 is 0. The Hall–Kier alpha value is -2.08. The summed E-state index contributed by atoms with van der Waals surface area (Å²) in [6.07, 6.45) is -0.640. The van der Waals surface area contributed by atoms with Gasteiger partial charge in [-0.1, -0.05) is 18.2 Å². The number of para-hydroxylation sites is 1. The van der Waals surface area contributed by atoms with E-state index in [1.54, 1.807) is 36.2 Å². The number of rotatable bonds is 3. The fourth-order valence-electron chi connectivity index (χ4n) is 2.15. The van der Waals surface area contributed by atoms with Gasteiger partial charge in [-0.15, -0.1) is 0 Å². The highest BCUT2D eigenvalue weighted by Gasteiger charge is 2.36. The fraction of sp³-hybridized carbons (Fsp3) is 0.385. The van der Waals surface area contributed by atoms with Gasteiger partial charge < -0.3 is 9.84 Å². The van der Waals surface area contributed by atoms with Crippen LogP contribution in [0.5, 0.6) is 0 Å². The van der Waals surface area contributed by atoms with Crippen LogP contribution in [0, 0.1) is 0 Å². The van der Waals surface area contributed by atoms with Crippen molar-refractivity contribution in [2.24, 2.45) is 0 Å². The first-order valence-corrected chi connectivity index (χ1v) is 6.02. The molecule has 0 aromatic heterocycles. The van der Waals surface area contributed by atoms with E-state index in [0.717, 1.165) is 0 Å². The zero-order chi connectivity index (χ0) is 13.8. The molecule has 0 spiro atoms. The Morgan fingerprint density at radius 2 is 2.05 bits per heavy atom. The highest BCUT2D eigenvalue weighted by molar-refractivity contribution is 5.84. The quantitative estimate of drug-likeness (QED) is 0.862. The topological polar surface area (TPSA) is 78.9 Å². The first kappa shape index (κ1) is 13.4. The van der Waals surface area contributed by atoms with Crippen LogP contribution in [-0.2, 0) is 9.53 Å². The zero-order valence-electron chi connectivity index (χ0n) is 10.6. The molecule has 2 rings (SSSR count). The molecule has 6 nitrogen and oxygen atoms in total. The third-order valence-corrected chi connectivity index (χ3v) is 3.09. The molecule has 1 saturated heterocycles. The predicted molar refractivity (Wildman–Crippen MR) is 69.0 cm³/mol. The van der Waals surface area contributed by atoms with E-state index < -0.39 is 24.2 Å². The maximum atomic E-state index is 11.7. The fourth-order valence-corrected chi connectivity index (χ4v) is 2.15. The number of ether oxygens (including phenoxy) is 1. The van der Waals surface area contributed by atoms with Gasteiger partial charge in [0, 0.05) is 18.7 Å². The van der Waals surface area contributed by atoms with Crippen LogP contribution in [0.3, 0.4) is 0 Å². The second-order valence-corrected chi connectivity index (χ2v) is 4.55. The van der Waals surface area contributed by atoms with E-state index in [0.29, 0.717) is 18.7 Å². The highest BCUT2D eigenvalue weighted by Crippen LogP contribution is 2.19. The minimum Gasteiger partial charge on any atom is -0.480 e. The van der Waals surface area contributed by atoms with Crippen LogP contribution in [0.25, 0.3) is 0 Å². The van der Waals surface area contributed by atoms with Gasteiger partial charge >= 0.3 is 12.1 Å². The van der Waals surface area contributed by atoms with Gasteiger partial charge in [0.15, 0.2) is 0 Å². The molecule has 1 amide bonds. The molecule has 0 saturated carbocycles. The van der Waals surface area contributed by atoms with Crippen molar-refractivity contribution in [2.75, 3.05) is 18.9 Å². The molecule has 102 valence electrons. The van der Waals surface area contributed by atoms with Gasteiger partial charge in [0.25, 0.3) is 0 Å². The first-order chi connectivity index (χ1) is 9.06. The molecule has 2 atom stereocenters. The Morgan fingerprint density at radius 1 is 1.37 bits per heavy atom. The number of carbonyl (C=O) groups excluding carboxylic acids is 1. The van der Waals surface area contributed by atoms with Gasteiger partial charge in [-0.3, -0.25) is 15.0 Å². The molecule has 1 heterocycles. The summed E-state index contributed by atoms with van der Waals surface area (Å²) in [5, 5.41) is 11.6. The number of likely N-dealkylation sites (tertiary alicyclic amines) is 1. The average Bonchev–Trinajstić information content (AvgIpc) is 2.71. The Morgan fingerprint density at radius 3 is 2.63 bits per heavy atom. The Bertz CT molecular complexity index is 463. The lowest BCUT2D eigenvalue weighted by Gasteiger charge is -2.13. The summed E-state index contributed by atoms with van der Waals surface area (Å²) in [5.74, 6) is -0.892. The molecule has 1 aliphatic heterocycles. The van der Waals surface area contributed by atoms with E-state index in [1.807, 2.05) is 6.07 Å². The first-order valence-electron chi connectivity index (χ1n) is 6.02. The molecule has 1 aromatic rings. The largest absolute Gasteiger partial charge is 0.480 e. The summed E-state index contributed by atoms with van der Waals surface area (Å²) in [5.41, 5.74) is 0.647. The predicted octanol–water partition coefficient (Wildman–Crippen LogP) is 1.39. The summed E-state index contributed by atoms with van der Waals surface area (Å²) in [7, 11) is 1.71. The molecule has 6 heteroatoms. The molecular weight excluding hydrogens is 248 g/mol. The Kier molecular flexibility index (Phi) is 4.01. The Balaban J connectivity index is 1.85. The maximum Gasteiger partial charge on any atom is 0.411 e. The molecule has 1 aliphatic rings. The van der Waals surface area contributed by atoms with Crippen molar-refractivity contribution in [1.82, 2.24) is 4.90 Å². The number of hydrogen-bond donors (Lipinski definition) is 2. The van der Waals surface area contributed by atoms with E-state index in [-0.39, 0.29) is 0 Å². The van der Waals surface area contributed by atoms with Gasteiger partial charge in [0.05, 0.1) is 0 Å². The number of amides is 1. The van der Waals surface area contributed by atoms with E-state index in [2.05, 4.69) is 5.32 Å². The van der Waals surface area contributed by atoms with Gasteiger partial charge in [0.1, 0.15) is 12.1 Å². The van der Waals surface area contributed by atoms with E-state index in [4.69, 9.17) is 9.84 Å². The standard InChI is InChI=1S/C13H16N2O4/c1-15-8-10(7-11(15)12(16)17)19-13(18)14-9-5-3-2-4-6-9/h2-6,10-11H,7-8H2,1H3,(H,14,18)(H,16,17)/t10?,11-/m0/s1. The van der Waals surface area contributed by atoms with Crippen molar-refractivity contribution < 1.29 is 19.4 Å². The number of carboxylic acids is 1.